The van der Waals surface area contributed by atoms with Crippen LogP contribution in [-0.2, 0) is 47.5 Å². The lowest BCUT2D eigenvalue weighted by atomic mass is 10.1. The van der Waals surface area contributed by atoms with E-state index in [0.29, 0.717) is 30.6 Å². The minimum atomic E-state index is -5.54. The number of carbonyl (C=O) groups excluding carboxylic acids is 1. The van der Waals surface area contributed by atoms with Gasteiger partial charge in [-0.25, -0.2) is 18.2 Å². The number of H-pyrrole nitrogens is 1. The maximum atomic E-state index is 14.0. The Balaban J connectivity index is 0.00000961. The molecule has 0 saturated heterocycles. The maximum Gasteiger partial charge on any atom is 0.488 e. The summed E-state index contributed by atoms with van der Waals surface area (Å²) in [6.07, 6.45) is 22.3. The van der Waals surface area contributed by atoms with Crippen molar-refractivity contribution in [1.29, 1.82) is 0 Å². The normalized spacial score (nSPS) is 17.6. The number of rotatable bonds is 33. The lowest BCUT2D eigenvalue weighted by Gasteiger charge is -2.23. The van der Waals surface area contributed by atoms with Crippen molar-refractivity contribution in [3.63, 3.8) is 0 Å². The number of carbonyl (C=O) groups is 1. The number of nitrogens with one attached hydrogen (secondary N) is 1. The minimum Gasteiger partial charge on any atom is -0.427 e. The average molecular weight is 939 g/mol. The van der Waals surface area contributed by atoms with Crippen molar-refractivity contribution in [2.45, 2.75) is 168 Å². The van der Waals surface area contributed by atoms with E-state index in [1.165, 1.54) is 89.5 Å². The van der Waals surface area contributed by atoms with Crippen molar-refractivity contribution in [3.05, 3.63) is 74.6 Å². The summed E-state index contributed by atoms with van der Waals surface area (Å²) in [4.78, 5) is 59.4. The third-order valence-electron chi connectivity index (χ3n) is 9.91. The van der Waals surface area contributed by atoms with Gasteiger partial charge in [0.1, 0.15) is 11.9 Å². The van der Waals surface area contributed by atoms with Gasteiger partial charge in [0, 0.05) is 18.2 Å². The largest absolute Gasteiger partial charge is 0.488 e. The van der Waals surface area contributed by atoms with Gasteiger partial charge in [-0.05, 0) is 43.5 Å². The first-order valence-corrected chi connectivity index (χ1v) is 26.3. The van der Waals surface area contributed by atoms with Crippen LogP contribution in [0.4, 0.5) is 0 Å². The van der Waals surface area contributed by atoms with Crippen molar-refractivity contribution >= 4 is 29.2 Å². The van der Waals surface area contributed by atoms with Crippen LogP contribution < -0.4 is 28.3 Å². The predicted molar refractivity (Wildman–Crippen MR) is 240 cm³/mol. The van der Waals surface area contributed by atoms with Crippen LogP contribution in [0.1, 0.15) is 160 Å². The molecule has 3 unspecified atom stereocenters. The maximum absolute atomic E-state index is 14.0. The second kappa shape index (κ2) is 30.6. The number of hydrogen-bond acceptors (Lipinski definition) is 14. The summed E-state index contributed by atoms with van der Waals surface area (Å²) in [5, 5.41) is 0. The molecule has 1 aromatic heterocycles. The van der Waals surface area contributed by atoms with E-state index < -0.39 is 53.4 Å². The van der Waals surface area contributed by atoms with E-state index in [1.807, 2.05) is 0 Å². The summed E-state index contributed by atoms with van der Waals surface area (Å²) >= 11 is 0. The molecule has 0 bridgehead atoms. The first-order chi connectivity index (χ1) is 28.6. The van der Waals surface area contributed by atoms with Gasteiger partial charge in [0.05, 0.1) is 19.4 Å². The molecule has 0 saturated carbocycles. The monoisotopic (exact) mass is 938 g/mol. The Morgan fingerprint density at radius 3 is 1.82 bits per heavy atom. The zero-order valence-electron chi connectivity index (χ0n) is 37.0. The lowest BCUT2D eigenvalue weighted by molar-refractivity contribution is -0.134. The van der Waals surface area contributed by atoms with E-state index >= 15 is 0 Å². The number of hydrogen-bond donors (Lipinski definition) is 5. The second-order valence-electron chi connectivity index (χ2n) is 15.3. The predicted octanol–water partition coefficient (Wildman–Crippen LogP) is 11.0. The number of nitrogens with zero attached hydrogens (tertiary/aromatic N) is 1. The lowest BCUT2D eigenvalue weighted by Crippen LogP contribution is -2.33. The van der Waals surface area contributed by atoms with E-state index in [2.05, 4.69) is 23.1 Å². The number of phosphoric ester groups is 1. The van der Waals surface area contributed by atoms with Gasteiger partial charge in [0.25, 0.3) is 5.56 Å². The van der Waals surface area contributed by atoms with E-state index in [1.54, 1.807) is 24.3 Å². The molecule has 1 aromatic carbocycles. The summed E-state index contributed by atoms with van der Waals surface area (Å²) < 4.78 is 72.1. The van der Waals surface area contributed by atoms with E-state index in [4.69, 9.17) is 22.8 Å². The molecule has 0 radical (unpaired) electrons. The van der Waals surface area contributed by atoms with E-state index in [0.717, 1.165) is 49.5 Å². The number of unbranched alkanes of at least 4 members (excludes halogenated alkanes) is 17. The first-order valence-electron chi connectivity index (χ1n) is 21.6. The number of phosphoric acid groups is 2. The molecule has 0 aliphatic carbocycles. The van der Waals surface area contributed by atoms with Crippen LogP contribution in [0.2, 0.25) is 0 Å². The molecule has 0 spiro atoms. The number of esters is 1. The second-order valence-corrected chi connectivity index (χ2v) is 20.7. The van der Waals surface area contributed by atoms with Crippen LogP contribution in [0.3, 0.4) is 0 Å². The Morgan fingerprint density at radius 1 is 0.726 bits per heavy atom. The van der Waals surface area contributed by atoms with Crippen molar-refractivity contribution in [2.75, 3.05) is 12.8 Å². The van der Waals surface area contributed by atoms with Gasteiger partial charge in [0.2, 0.25) is 0 Å². The van der Waals surface area contributed by atoms with Crippen molar-refractivity contribution < 1.29 is 55.4 Å². The average Bonchev–Trinajstić information content (AvgIpc) is 3.67. The van der Waals surface area contributed by atoms with Gasteiger partial charge in [0.15, 0.2) is 6.23 Å². The van der Waals surface area contributed by atoms with Crippen LogP contribution in [0.5, 0.6) is 5.75 Å². The molecule has 18 nitrogen and oxygen atoms in total. The smallest absolute Gasteiger partial charge is 0.427 e. The molecule has 2 heterocycles. The topological polar surface area (TPSA) is 289 Å². The number of benzene rings is 1. The molecule has 0 amide bonds. The number of aryl methyl sites for hydroxylation is 1. The van der Waals surface area contributed by atoms with Crippen molar-refractivity contribution in [2.24, 2.45) is 0 Å². The first kappa shape index (κ1) is 57.5. The van der Waals surface area contributed by atoms with Crippen LogP contribution in [0.25, 0.3) is 0 Å². The molecule has 9 N–H and O–H groups in total. The van der Waals surface area contributed by atoms with Crippen molar-refractivity contribution in [3.8, 4) is 5.75 Å². The molecule has 21 heteroatoms. The van der Waals surface area contributed by atoms with Gasteiger partial charge < -0.3 is 36.1 Å². The highest BCUT2D eigenvalue weighted by molar-refractivity contribution is 7.68. The van der Waals surface area contributed by atoms with Crippen LogP contribution in [0, 0.1) is 6.92 Å². The molecule has 62 heavy (non-hydrogen) atoms. The number of ether oxygens (including phenoxy) is 2. The van der Waals surface area contributed by atoms with Gasteiger partial charge in [-0.3, -0.25) is 28.2 Å². The Morgan fingerprint density at radius 2 is 1.26 bits per heavy atom. The highest BCUT2D eigenvalue weighted by Gasteiger charge is 2.43. The van der Waals surface area contributed by atoms with Crippen LogP contribution in [-0.4, -0.2) is 44.2 Å². The van der Waals surface area contributed by atoms with Gasteiger partial charge >= 0.3 is 34.9 Å². The molecular weight excluding hydrogens is 865 g/mol. The third kappa shape index (κ3) is 23.4. The third-order valence-corrected chi connectivity index (χ3v) is 15.2. The fourth-order valence-electron chi connectivity index (χ4n) is 6.52. The number of aromatic nitrogens is 2. The Kier molecular flexibility index (Phi) is 28.3. The Hall–Kier alpha value is -2.56. The van der Waals surface area contributed by atoms with E-state index in [9.17, 15) is 37.9 Å². The fraction of sp³-hybridized carbons (Fsp3) is 0.683. The molecule has 1 aliphatic heterocycles. The standard InChI is InChI=1S/C41H67N2O14P3.2H3N/c1-4-6-8-10-12-14-16-18-20-22-30-58(47,52-32-35-24-26-36(27-25-35)55-39(44)23-21-19-17-15-13-11-9-7-5-2)56-60(50,51)57-59(48,49)53-33-37-28-29-38(54-37)43-31-34(3)40(45)42-41(43)46;;/h24-29,31,37-38H,4-23,30,32-33H2,1-3H3,(H,48,49)(H,50,51)(H,42,45,46);2*1H3/t37-,38+,58?;;/m0../s1. The quantitative estimate of drug-likeness (QED) is 0.0146. The van der Waals surface area contributed by atoms with Crippen molar-refractivity contribution in [1.82, 2.24) is 21.9 Å². The molecular formula is C41H73N4O14P3. The van der Waals surface area contributed by atoms with Gasteiger partial charge in [-0.2, -0.15) is 4.31 Å². The highest BCUT2D eigenvalue weighted by Crippen LogP contribution is 2.69. The van der Waals surface area contributed by atoms with Crippen LogP contribution >= 0.6 is 23.2 Å². The molecule has 1 aliphatic rings. The Labute approximate surface area is 366 Å². The molecule has 5 atom stereocenters. The van der Waals surface area contributed by atoms with Gasteiger partial charge in [-0.1, -0.05) is 141 Å². The zero-order valence-corrected chi connectivity index (χ0v) is 39.6. The number of aromatic amines is 1. The molecule has 356 valence electrons. The highest BCUT2D eigenvalue weighted by atomic mass is 31.3. The molecule has 0 fully saturated rings. The summed E-state index contributed by atoms with van der Waals surface area (Å²) in [6.45, 7) is 4.91. The summed E-state index contributed by atoms with van der Waals surface area (Å²) in [7, 11) is -15.3. The fourth-order valence-corrected chi connectivity index (χ4v) is 11.3. The Bertz CT molecular complexity index is 1870. The SMILES string of the molecule is CCCCCCCCCCCCP(=O)(OCc1ccc(OC(=O)CCCCCCCCCCC)cc1)OP(=O)(O)OP(=O)(O)OC[C@@H]1C=C[C@H](n2cc(C)c(=O)[nH]c2=O)O1.N.N. The minimum absolute atomic E-state index is 0. The van der Waals surface area contributed by atoms with Crippen LogP contribution in [0.15, 0.2) is 52.2 Å². The summed E-state index contributed by atoms with van der Waals surface area (Å²) in [5.74, 6) is -0.0137. The summed E-state index contributed by atoms with van der Waals surface area (Å²) in [5.41, 5.74) is -0.549. The van der Waals surface area contributed by atoms with E-state index in [-0.39, 0.29) is 36.6 Å². The van der Waals surface area contributed by atoms with Gasteiger partial charge in [-0.15, -0.1) is 0 Å². The molecule has 3 rings (SSSR count). The summed E-state index contributed by atoms with van der Waals surface area (Å²) in [6, 6.07) is 6.31. The molecule has 2 aromatic rings. The zero-order chi connectivity index (χ0) is 43.9.